The van der Waals surface area contributed by atoms with E-state index in [4.69, 9.17) is 4.74 Å². The summed E-state index contributed by atoms with van der Waals surface area (Å²) < 4.78 is 20.7. The number of hydrogen-bond donors (Lipinski definition) is 0. The van der Waals surface area contributed by atoms with E-state index < -0.39 is 0 Å². The minimum atomic E-state index is -0.307. The van der Waals surface area contributed by atoms with Crippen molar-refractivity contribution in [2.75, 3.05) is 0 Å². The number of nitrogens with zero attached hydrogens (tertiary/aromatic N) is 1. The normalized spacial score (nSPS) is 12.4. The van der Waals surface area contributed by atoms with Crippen molar-refractivity contribution in [2.24, 2.45) is 5.41 Å². The first kappa shape index (κ1) is 19.7. The third kappa shape index (κ3) is 4.63. The number of rotatable bonds is 6. The van der Waals surface area contributed by atoms with Gasteiger partial charge in [0, 0.05) is 23.7 Å². The minimum absolute atomic E-state index is 0.155. The van der Waals surface area contributed by atoms with E-state index in [1.165, 1.54) is 6.07 Å². The Morgan fingerprint density at radius 3 is 2.39 bits per heavy atom. The summed E-state index contributed by atoms with van der Waals surface area (Å²) in [6, 6.07) is 17.9. The maximum absolute atomic E-state index is 15.0. The molecule has 144 valence electrons. The van der Waals surface area contributed by atoms with Gasteiger partial charge in [-0.3, -0.25) is 9.78 Å². The molecule has 28 heavy (non-hydrogen) atoms. The average Bonchev–Trinajstić information content (AvgIpc) is 2.68. The molecule has 3 nitrogen and oxygen atoms in total. The van der Waals surface area contributed by atoms with Gasteiger partial charge in [-0.2, -0.15) is 0 Å². The number of benzene rings is 2. The molecular formula is C24H24FNO2. The first-order chi connectivity index (χ1) is 13.4. The molecule has 0 bridgehead atoms. The van der Waals surface area contributed by atoms with Gasteiger partial charge in [-0.15, -0.1) is 0 Å². The van der Waals surface area contributed by atoms with Crippen molar-refractivity contribution < 1.29 is 13.9 Å². The molecule has 3 aromatic rings. The lowest BCUT2D eigenvalue weighted by molar-refractivity contribution is 0.112. The van der Waals surface area contributed by atoms with Gasteiger partial charge in [-0.25, -0.2) is 4.39 Å². The maximum atomic E-state index is 15.0. The van der Waals surface area contributed by atoms with E-state index in [2.05, 4.69) is 25.8 Å². The average molecular weight is 377 g/mol. The molecule has 0 N–H and O–H groups in total. The molecule has 1 atom stereocenters. The summed E-state index contributed by atoms with van der Waals surface area (Å²) in [6.45, 7) is 6.53. The van der Waals surface area contributed by atoms with E-state index in [1.54, 1.807) is 30.5 Å². The van der Waals surface area contributed by atoms with Crippen LogP contribution in [0.2, 0.25) is 0 Å². The lowest BCUT2D eigenvalue weighted by Gasteiger charge is -2.32. The molecule has 0 saturated heterocycles. The molecule has 0 aliphatic carbocycles. The van der Waals surface area contributed by atoms with Crippen LogP contribution >= 0.6 is 0 Å². The van der Waals surface area contributed by atoms with Crippen LogP contribution in [-0.4, -0.2) is 11.3 Å². The van der Waals surface area contributed by atoms with Crippen LogP contribution in [0.4, 0.5) is 4.39 Å². The highest BCUT2D eigenvalue weighted by Crippen LogP contribution is 2.42. The van der Waals surface area contributed by atoms with Crippen LogP contribution in [0.1, 0.15) is 53.9 Å². The Morgan fingerprint density at radius 2 is 1.82 bits per heavy atom. The highest BCUT2D eigenvalue weighted by molar-refractivity contribution is 5.74. The zero-order valence-corrected chi connectivity index (χ0v) is 16.4. The number of hydrogen-bond acceptors (Lipinski definition) is 3. The van der Waals surface area contributed by atoms with Crippen molar-refractivity contribution in [1.82, 2.24) is 4.98 Å². The fourth-order valence-electron chi connectivity index (χ4n) is 3.39. The van der Waals surface area contributed by atoms with Crippen LogP contribution in [0.15, 0.2) is 66.9 Å². The largest absolute Gasteiger partial charge is 0.487 e. The number of halogens is 1. The molecule has 0 spiro atoms. The standard InChI is InChI=1S/C24H24FNO2/c1-24(2,3)23(18-9-7-17(15-27)8-10-18)21-12-11-20(14-22(21)25)28-16-19-6-4-5-13-26-19/h4-15,23H,16H2,1-3H3. The molecular weight excluding hydrogens is 353 g/mol. The second-order valence-electron chi connectivity index (χ2n) is 7.88. The Labute approximate surface area is 165 Å². The maximum Gasteiger partial charge on any atom is 0.150 e. The summed E-state index contributed by atoms with van der Waals surface area (Å²) in [7, 11) is 0. The lowest BCUT2D eigenvalue weighted by atomic mass is 9.72. The summed E-state index contributed by atoms with van der Waals surface area (Å²) in [5, 5.41) is 0. The predicted octanol–water partition coefficient (Wildman–Crippen LogP) is 5.79. The molecule has 1 heterocycles. The molecule has 0 aliphatic rings. The Morgan fingerprint density at radius 1 is 1.07 bits per heavy atom. The molecule has 4 heteroatoms. The van der Waals surface area contributed by atoms with Gasteiger partial charge < -0.3 is 4.74 Å². The zero-order valence-electron chi connectivity index (χ0n) is 16.4. The Balaban J connectivity index is 1.87. The smallest absolute Gasteiger partial charge is 0.150 e. The molecule has 0 radical (unpaired) electrons. The number of ether oxygens (including phenoxy) is 1. The van der Waals surface area contributed by atoms with Gasteiger partial charge in [0.2, 0.25) is 0 Å². The Kier molecular flexibility index (Phi) is 5.88. The third-order valence-electron chi connectivity index (χ3n) is 4.67. The highest BCUT2D eigenvalue weighted by atomic mass is 19.1. The summed E-state index contributed by atoms with van der Waals surface area (Å²) in [5.74, 6) is 0.00631. The number of pyridine rings is 1. The molecule has 0 saturated carbocycles. The molecule has 1 aromatic heterocycles. The van der Waals surface area contributed by atoms with Crippen LogP contribution in [-0.2, 0) is 6.61 Å². The van der Waals surface area contributed by atoms with E-state index in [9.17, 15) is 4.79 Å². The lowest BCUT2D eigenvalue weighted by Crippen LogP contribution is -2.21. The van der Waals surface area contributed by atoms with E-state index >= 15 is 4.39 Å². The van der Waals surface area contributed by atoms with Crippen molar-refractivity contribution in [1.29, 1.82) is 0 Å². The van der Waals surface area contributed by atoms with Crippen LogP contribution in [0, 0.1) is 11.2 Å². The summed E-state index contributed by atoms with van der Waals surface area (Å²) in [4.78, 5) is 15.1. The first-order valence-corrected chi connectivity index (χ1v) is 9.26. The minimum Gasteiger partial charge on any atom is -0.487 e. The van der Waals surface area contributed by atoms with Gasteiger partial charge in [-0.05, 0) is 34.7 Å². The monoisotopic (exact) mass is 377 g/mol. The number of aromatic nitrogens is 1. The number of aldehydes is 1. The zero-order chi connectivity index (χ0) is 20.1. The summed E-state index contributed by atoms with van der Waals surface area (Å²) >= 11 is 0. The molecule has 0 amide bonds. The van der Waals surface area contributed by atoms with Crippen molar-refractivity contribution >= 4 is 6.29 Å². The van der Waals surface area contributed by atoms with Crippen LogP contribution < -0.4 is 4.74 Å². The summed E-state index contributed by atoms with van der Waals surface area (Å²) in [6.07, 6.45) is 2.51. The second kappa shape index (κ2) is 8.34. The third-order valence-corrected chi connectivity index (χ3v) is 4.67. The van der Waals surface area contributed by atoms with Crippen molar-refractivity contribution in [3.63, 3.8) is 0 Å². The second-order valence-corrected chi connectivity index (χ2v) is 7.88. The molecule has 3 rings (SSSR count). The highest BCUT2D eigenvalue weighted by Gasteiger charge is 2.30. The van der Waals surface area contributed by atoms with Gasteiger partial charge in [0.05, 0.1) is 5.69 Å². The van der Waals surface area contributed by atoms with E-state index in [0.717, 1.165) is 17.5 Å². The van der Waals surface area contributed by atoms with Gasteiger partial charge in [0.25, 0.3) is 0 Å². The molecule has 1 unspecified atom stereocenters. The Bertz CT molecular complexity index is 931. The number of carbonyl (C=O) groups is 1. The molecule has 2 aromatic carbocycles. The van der Waals surface area contributed by atoms with Gasteiger partial charge in [-0.1, -0.05) is 57.2 Å². The van der Waals surface area contributed by atoms with Gasteiger partial charge in [0.1, 0.15) is 24.5 Å². The number of carbonyl (C=O) groups excluding carboxylic acids is 1. The van der Waals surface area contributed by atoms with E-state index in [1.807, 2.05) is 30.3 Å². The van der Waals surface area contributed by atoms with Crippen LogP contribution in [0.25, 0.3) is 0 Å². The topological polar surface area (TPSA) is 39.2 Å². The Hall–Kier alpha value is -3.01. The fourth-order valence-corrected chi connectivity index (χ4v) is 3.39. The predicted molar refractivity (Wildman–Crippen MR) is 108 cm³/mol. The van der Waals surface area contributed by atoms with Gasteiger partial charge in [0.15, 0.2) is 0 Å². The quantitative estimate of drug-likeness (QED) is 0.510. The van der Waals surface area contributed by atoms with Crippen molar-refractivity contribution in [2.45, 2.75) is 33.3 Å². The van der Waals surface area contributed by atoms with Gasteiger partial charge >= 0.3 is 0 Å². The molecule has 0 fully saturated rings. The first-order valence-electron chi connectivity index (χ1n) is 9.26. The molecule has 0 aliphatic heterocycles. The van der Waals surface area contributed by atoms with Crippen LogP contribution in [0.5, 0.6) is 5.75 Å². The van der Waals surface area contributed by atoms with Crippen LogP contribution in [0.3, 0.4) is 0 Å². The fraction of sp³-hybridized carbons (Fsp3) is 0.250. The van der Waals surface area contributed by atoms with Crippen molar-refractivity contribution in [3.05, 3.63) is 95.1 Å². The van der Waals surface area contributed by atoms with E-state index in [0.29, 0.717) is 16.9 Å². The van der Waals surface area contributed by atoms with Crippen molar-refractivity contribution in [3.8, 4) is 5.75 Å². The SMILES string of the molecule is CC(C)(C)C(c1ccc(C=O)cc1)c1ccc(OCc2ccccn2)cc1F. The summed E-state index contributed by atoms with van der Waals surface area (Å²) in [5.41, 5.74) is 2.76. The van der Waals surface area contributed by atoms with E-state index in [-0.39, 0.29) is 23.8 Å².